The predicted octanol–water partition coefficient (Wildman–Crippen LogP) is 3.90. The van der Waals surface area contributed by atoms with Crippen LogP contribution < -0.4 is 4.90 Å². The van der Waals surface area contributed by atoms with Crippen molar-refractivity contribution in [1.29, 1.82) is 0 Å². The van der Waals surface area contributed by atoms with Crippen LogP contribution in [-0.4, -0.2) is 17.6 Å². The molecule has 0 saturated carbocycles. The summed E-state index contributed by atoms with van der Waals surface area (Å²) in [5, 5.41) is 0. The van der Waals surface area contributed by atoms with Crippen molar-refractivity contribution in [2.24, 2.45) is 0 Å². The van der Waals surface area contributed by atoms with Gasteiger partial charge in [-0.15, -0.1) is 0 Å². The second-order valence-corrected chi connectivity index (χ2v) is 4.37. The second kappa shape index (κ2) is 6.61. The molecule has 102 valence electrons. The summed E-state index contributed by atoms with van der Waals surface area (Å²) in [4.78, 5) is 5.10. The first kappa shape index (κ1) is 14.8. The van der Waals surface area contributed by atoms with Crippen LogP contribution in [-0.2, 0) is 0 Å². The molecule has 5 heteroatoms. The van der Waals surface area contributed by atoms with E-state index in [2.05, 4.69) is 4.98 Å². The quantitative estimate of drug-likeness (QED) is 0.721. The molecule has 0 fully saturated rings. The number of hydrogen-bond donors (Lipinski definition) is 0. The third kappa shape index (κ3) is 3.37. The molecule has 0 spiro atoms. The van der Waals surface area contributed by atoms with Gasteiger partial charge < -0.3 is 4.90 Å². The lowest BCUT2D eigenvalue weighted by atomic mass is 10.2. The van der Waals surface area contributed by atoms with Crippen LogP contribution in [0.5, 0.6) is 0 Å². The number of nitrogens with zero attached hydrogens (tertiary/aromatic N) is 2. The average Bonchev–Trinajstić information content (AvgIpc) is 2.35. The minimum Gasteiger partial charge on any atom is -0.351 e. The molecule has 1 rings (SSSR count). The molecule has 0 aliphatic heterocycles. The molecule has 0 aliphatic carbocycles. The van der Waals surface area contributed by atoms with Crippen molar-refractivity contribution in [2.75, 3.05) is 11.4 Å². The van der Waals surface area contributed by atoms with Crippen LogP contribution in [0.3, 0.4) is 0 Å². The van der Waals surface area contributed by atoms with Gasteiger partial charge in [-0.25, -0.2) is 8.78 Å². The van der Waals surface area contributed by atoms with Crippen LogP contribution in [0.4, 0.5) is 19.0 Å². The summed E-state index contributed by atoms with van der Waals surface area (Å²) in [7, 11) is 0. The van der Waals surface area contributed by atoms with Crippen LogP contribution in [0.2, 0.25) is 0 Å². The minimum absolute atomic E-state index is 0.0309. The van der Waals surface area contributed by atoms with Gasteiger partial charge in [0.05, 0.1) is 0 Å². The number of anilines is 1. The van der Waals surface area contributed by atoms with E-state index in [0.29, 0.717) is 12.6 Å². The first-order chi connectivity index (χ1) is 8.51. The predicted molar refractivity (Wildman–Crippen MR) is 66.1 cm³/mol. The third-order valence-electron chi connectivity index (χ3n) is 3.02. The van der Waals surface area contributed by atoms with Crippen molar-refractivity contribution in [1.82, 2.24) is 4.98 Å². The summed E-state index contributed by atoms with van der Waals surface area (Å²) in [5.41, 5.74) is 0. The molecule has 1 aromatic rings. The maximum absolute atomic E-state index is 13.7. The lowest BCUT2D eigenvalue weighted by Gasteiger charge is -2.29. The molecule has 0 amide bonds. The minimum atomic E-state index is -1.25. The summed E-state index contributed by atoms with van der Waals surface area (Å²) in [6.07, 6.45) is 2.58. The van der Waals surface area contributed by atoms with E-state index in [0.717, 1.165) is 19.3 Å². The number of rotatable bonds is 6. The largest absolute Gasteiger partial charge is 0.351 e. The zero-order valence-electron chi connectivity index (χ0n) is 11.0. The Kier molecular flexibility index (Phi) is 5.44. The third-order valence-corrected chi connectivity index (χ3v) is 3.02. The maximum Gasteiger partial charge on any atom is 0.251 e. The molecule has 2 nitrogen and oxygen atoms in total. The van der Waals surface area contributed by atoms with Gasteiger partial charge in [-0.1, -0.05) is 20.3 Å². The molecule has 0 aromatic carbocycles. The Balaban J connectivity index is 3.07. The van der Waals surface area contributed by atoms with Crippen LogP contribution in [0.15, 0.2) is 6.07 Å². The van der Waals surface area contributed by atoms with Crippen molar-refractivity contribution in [2.45, 2.75) is 46.1 Å². The molecular weight excluding hydrogens is 241 g/mol. The molecule has 18 heavy (non-hydrogen) atoms. The van der Waals surface area contributed by atoms with Gasteiger partial charge in [0.15, 0.2) is 17.5 Å². The molecule has 0 bridgehead atoms. The summed E-state index contributed by atoms with van der Waals surface area (Å²) >= 11 is 0. The van der Waals surface area contributed by atoms with Crippen molar-refractivity contribution in [3.05, 3.63) is 23.6 Å². The number of pyridine rings is 1. The molecule has 1 aromatic heterocycles. The number of aromatic nitrogens is 1. The monoisotopic (exact) mass is 260 g/mol. The van der Waals surface area contributed by atoms with Gasteiger partial charge in [-0.2, -0.15) is 9.37 Å². The molecule has 1 unspecified atom stereocenters. The van der Waals surface area contributed by atoms with Crippen molar-refractivity contribution >= 4 is 5.82 Å². The highest BCUT2D eigenvalue weighted by atomic mass is 19.2. The topological polar surface area (TPSA) is 16.1 Å². The summed E-state index contributed by atoms with van der Waals surface area (Å²) in [6, 6.07) is 0.585. The van der Waals surface area contributed by atoms with Gasteiger partial charge in [-0.05, 0) is 19.8 Å². The van der Waals surface area contributed by atoms with E-state index in [1.165, 1.54) is 0 Å². The fourth-order valence-electron chi connectivity index (χ4n) is 1.72. The molecular formula is C13H19F3N2. The van der Waals surface area contributed by atoms with Crippen LogP contribution in [0.25, 0.3) is 0 Å². The summed E-state index contributed by atoms with van der Waals surface area (Å²) in [5.74, 6) is -3.42. The van der Waals surface area contributed by atoms with E-state index in [-0.39, 0.29) is 11.9 Å². The Bertz CT molecular complexity index is 396. The van der Waals surface area contributed by atoms with E-state index in [4.69, 9.17) is 0 Å². The zero-order chi connectivity index (χ0) is 13.7. The molecule has 0 N–H and O–H groups in total. The SMILES string of the molecule is CCCCN(c1nc(F)c(F)cc1F)C(C)CC. The van der Waals surface area contributed by atoms with Crippen molar-refractivity contribution < 1.29 is 13.2 Å². The van der Waals surface area contributed by atoms with Gasteiger partial charge in [0.2, 0.25) is 0 Å². The van der Waals surface area contributed by atoms with Crippen molar-refractivity contribution in [3.63, 3.8) is 0 Å². The highest BCUT2D eigenvalue weighted by Gasteiger charge is 2.20. The number of unbranched alkanes of at least 4 members (excludes halogenated alkanes) is 1. The van der Waals surface area contributed by atoms with Crippen LogP contribution in [0, 0.1) is 17.6 Å². The fraction of sp³-hybridized carbons (Fsp3) is 0.615. The highest BCUT2D eigenvalue weighted by Crippen LogP contribution is 2.22. The van der Waals surface area contributed by atoms with Gasteiger partial charge in [-0.3, -0.25) is 0 Å². The Hall–Kier alpha value is -1.26. The van der Waals surface area contributed by atoms with Gasteiger partial charge in [0.25, 0.3) is 5.95 Å². The standard InChI is InChI=1S/C13H19F3N2/c1-4-6-7-18(9(3)5-2)13-11(15)8-10(14)12(16)17-13/h8-9H,4-7H2,1-3H3. The Morgan fingerprint density at radius 2 is 1.89 bits per heavy atom. The van der Waals surface area contributed by atoms with Gasteiger partial charge >= 0.3 is 0 Å². The molecule has 0 radical (unpaired) electrons. The van der Waals surface area contributed by atoms with E-state index in [1.807, 2.05) is 20.8 Å². The zero-order valence-corrected chi connectivity index (χ0v) is 11.0. The summed E-state index contributed by atoms with van der Waals surface area (Å²) in [6.45, 7) is 6.48. The molecule has 1 heterocycles. The highest BCUT2D eigenvalue weighted by molar-refractivity contribution is 5.41. The first-order valence-corrected chi connectivity index (χ1v) is 6.29. The molecule has 0 saturated heterocycles. The Labute approximate surface area is 106 Å². The lowest BCUT2D eigenvalue weighted by molar-refractivity contribution is 0.457. The van der Waals surface area contributed by atoms with Gasteiger partial charge in [0, 0.05) is 18.7 Å². The fourth-order valence-corrected chi connectivity index (χ4v) is 1.72. The maximum atomic E-state index is 13.7. The van der Waals surface area contributed by atoms with E-state index in [9.17, 15) is 13.2 Å². The summed E-state index contributed by atoms with van der Waals surface area (Å²) < 4.78 is 39.7. The number of halogens is 3. The Morgan fingerprint density at radius 1 is 1.22 bits per heavy atom. The smallest absolute Gasteiger partial charge is 0.251 e. The molecule has 1 atom stereocenters. The molecule has 0 aliphatic rings. The first-order valence-electron chi connectivity index (χ1n) is 6.29. The normalized spacial score (nSPS) is 12.6. The van der Waals surface area contributed by atoms with Crippen LogP contribution in [0.1, 0.15) is 40.0 Å². The second-order valence-electron chi connectivity index (χ2n) is 4.37. The van der Waals surface area contributed by atoms with Crippen molar-refractivity contribution in [3.8, 4) is 0 Å². The Morgan fingerprint density at radius 3 is 2.44 bits per heavy atom. The van der Waals surface area contributed by atoms with E-state index < -0.39 is 17.6 Å². The average molecular weight is 260 g/mol. The lowest BCUT2D eigenvalue weighted by Crippen LogP contribution is -2.35. The van der Waals surface area contributed by atoms with E-state index >= 15 is 0 Å². The van der Waals surface area contributed by atoms with E-state index in [1.54, 1.807) is 4.90 Å². The van der Waals surface area contributed by atoms with Gasteiger partial charge in [0.1, 0.15) is 0 Å². The van der Waals surface area contributed by atoms with Crippen LogP contribution >= 0.6 is 0 Å². The number of hydrogen-bond acceptors (Lipinski definition) is 2.